The Morgan fingerprint density at radius 1 is 1.44 bits per heavy atom. The van der Waals surface area contributed by atoms with Crippen molar-refractivity contribution in [1.82, 2.24) is 5.32 Å². The van der Waals surface area contributed by atoms with Crippen LogP contribution in [0.25, 0.3) is 0 Å². The fourth-order valence-corrected chi connectivity index (χ4v) is 3.57. The summed E-state index contributed by atoms with van der Waals surface area (Å²) in [6.07, 6.45) is 0.943. The van der Waals surface area contributed by atoms with E-state index in [1.807, 2.05) is 23.9 Å². The fraction of sp³-hybridized carbons (Fsp3) is 0.571. The molecule has 0 aliphatic carbocycles. The van der Waals surface area contributed by atoms with Crippen LogP contribution in [0.15, 0.2) is 33.6 Å². The predicted molar refractivity (Wildman–Crippen MR) is 83.2 cm³/mol. The summed E-state index contributed by atoms with van der Waals surface area (Å²) in [5.41, 5.74) is -0.187. The van der Waals surface area contributed by atoms with E-state index in [0.29, 0.717) is 6.04 Å². The third-order valence-electron chi connectivity index (χ3n) is 2.70. The molecule has 0 bridgehead atoms. The van der Waals surface area contributed by atoms with Gasteiger partial charge in [-0.15, -0.1) is 11.8 Å². The molecular formula is C14H22BrNOS. The SMILES string of the molecule is CC(C)NC(C)(CO)CCSc1cccc(Br)c1. The molecule has 0 fully saturated rings. The van der Waals surface area contributed by atoms with E-state index >= 15 is 0 Å². The molecule has 2 nitrogen and oxygen atoms in total. The summed E-state index contributed by atoms with van der Waals surface area (Å²) in [6, 6.07) is 8.70. The van der Waals surface area contributed by atoms with Gasteiger partial charge in [0.15, 0.2) is 0 Å². The molecule has 1 rings (SSSR count). The van der Waals surface area contributed by atoms with E-state index in [0.717, 1.165) is 16.6 Å². The van der Waals surface area contributed by atoms with Crippen LogP contribution < -0.4 is 5.32 Å². The van der Waals surface area contributed by atoms with E-state index in [9.17, 15) is 5.11 Å². The summed E-state index contributed by atoms with van der Waals surface area (Å²) in [4.78, 5) is 1.26. The Morgan fingerprint density at radius 3 is 2.72 bits per heavy atom. The minimum absolute atomic E-state index is 0.171. The number of thioether (sulfide) groups is 1. The minimum Gasteiger partial charge on any atom is -0.394 e. The highest BCUT2D eigenvalue weighted by Gasteiger charge is 2.23. The Hall–Kier alpha value is -0.0300. The van der Waals surface area contributed by atoms with Crippen molar-refractivity contribution in [2.75, 3.05) is 12.4 Å². The first kappa shape index (κ1) is 16.0. The van der Waals surface area contributed by atoms with Gasteiger partial charge in [0.25, 0.3) is 0 Å². The molecule has 0 aromatic heterocycles. The molecule has 0 saturated carbocycles. The summed E-state index contributed by atoms with van der Waals surface area (Å²) in [6.45, 7) is 6.46. The first-order valence-corrected chi connectivity index (χ1v) is 8.00. The Morgan fingerprint density at radius 2 is 2.17 bits per heavy atom. The molecular weight excluding hydrogens is 310 g/mol. The molecule has 2 N–H and O–H groups in total. The van der Waals surface area contributed by atoms with Crippen molar-refractivity contribution in [1.29, 1.82) is 0 Å². The first-order chi connectivity index (χ1) is 8.45. The average molecular weight is 332 g/mol. The van der Waals surface area contributed by atoms with E-state index in [1.54, 1.807) is 0 Å². The zero-order valence-electron chi connectivity index (χ0n) is 11.2. The van der Waals surface area contributed by atoms with Crippen LogP contribution in [0.1, 0.15) is 27.2 Å². The van der Waals surface area contributed by atoms with Crippen molar-refractivity contribution in [2.45, 2.75) is 43.7 Å². The normalized spacial score (nSPS) is 14.8. The van der Waals surface area contributed by atoms with Crippen LogP contribution in [0.3, 0.4) is 0 Å². The first-order valence-electron chi connectivity index (χ1n) is 6.22. The molecule has 0 amide bonds. The highest BCUT2D eigenvalue weighted by molar-refractivity contribution is 9.10. The molecule has 0 heterocycles. The lowest BCUT2D eigenvalue weighted by Crippen LogP contribution is -2.49. The van der Waals surface area contributed by atoms with E-state index in [-0.39, 0.29) is 12.1 Å². The van der Waals surface area contributed by atoms with Crippen LogP contribution >= 0.6 is 27.7 Å². The smallest absolute Gasteiger partial charge is 0.0610 e. The highest BCUT2D eigenvalue weighted by atomic mass is 79.9. The van der Waals surface area contributed by atoms with Crippen molar-refractivity contribution >= 4 is 27.7 Å². The number of benzene rings is 1. The van der Waals surface area contributed by atoms with Gasteiger partial charge >= 0.3 is 0 Å². The number of aliphatic hydroxyl groups excluding tert-OH is 1. The molecule has 102 valence electrons. The van der Waals surface area contributed by atoms with Crippen LogP contribution in [0.2, 0.25) is 0 Å². The maximum Gasteiger partial charge on any atom is 0.0610 e. The van der Waals surface area contributed by atoms with Crippen LogP contribution in [-0.4, -0.2) is 29.0 Å². The zero-order chi connectivity index (χ0) is 13.6. The van der Waals surface area contributed by atoms with Crippen LogP contribution in [0.4, 0.5) is 0 Å². The van der Waals surface area contributed by atoms with Gasteiger partial charge in [0.1, 0.15) is 0 Å². The van der Waals surface area contributed by atoms with E-state index in [4.69, 9.17) is 0 Å². The summed E-state index contributed by atoms with van der Waals surface area (Å²) < 4.78 is 1.11. The predicted octanol–water partition coefficient (Wildman–Crippen LogP) is 3.68. The zero-order valence-corrected chi connectivity index (χ0v) is 13.6. The minimum atomic E-state index is -0.187. The Labute approximate surface area is 123 Å². The van der Waals surface area contributed by atoms with Crippen molar-refractivity contribution < 1.29 is 5.11 Å². The van der Waals surface area contributed by atoms with Crippen LogP contribution in [-0.2, 0) is 0 Å². The molecule has 1 aromatic rings. The van der Waals surface area contributed by atoms with Gasteiger partial charge in [-0.25, -0.2) is 0 Å². The second kappa shape index (κ2) is 7.53. The number of halogens is 1. The lowest BCUT2D eigenvalue weighted by atomic mass is 9.99. The quantitative estimate of drug-likeness (QED) is 0.747. The largest absolute Gasteiger partial charge is 0.394 e. The maximum absolute atomic E-state index is 9.50. The van der Waals surface area contributed by atoms with Crippen LogP contribution in [0.5, 0.6) is 0 Å². The number of aliphatic hydroxyl groups is 1. The number of hydrogen-bond donors (Lipinski definition) is 2. The Bertz CT molecular complexity index is 373. The van der Waals surface area contributed by atoms with Crippen molar-refractivity contribution in [2.24, 2.45) is 0 Å². The Kier molecular flexibility index (Phi) is 6.71. The number of hydrogen-bond acceptors (Lipinski definition) is 3. The summed E-state index contributed by atoms with van der Waals surface area (Å²) in [5.74, 6) is 0.993. The van der Waals surface area contributed by atoms with E-state index < -0.39 is 0 Å². The molecule has 4 heteroatoms. The van der Waals surface area contributed by atoms with Crippen molar-refractivity contribution in [3.63, 3.8) is 0 Å². The molecule has 1 unspecified atom stereocenters. The van der Waals surface area contributed by atoms with Gasteiger partial charge < -0.3 is 10.4 Å². The van der Waals surface area contributed by atoms with Gasteiger partial charge in [-0.2, -0.15) is 0 Å². The molecule has 1 aromatic carbocycles. The number of rotatable bonds is 7. The summed E-state index contributed by atoms with van der Waals surface area (Å²) in [7, 11) is 0. The highest BCUT2D eigenvalue weighted by Crippen LogP contribution is 2.24. The molecule has 0 aliphatic rings. The topological polar surface area (TPSA) is 32.3 Å². The standard InChI is InChI=1S/C14H22BrNOS/c1-11(2)16-14(3,10-17)7-8-18-13-6-4-5-12(15)9-13/h4-6,9,11,16-17H,7-8,10H2,1-3H3. The molecule has 18 heavy (non-hydrogen) atoms. The third kappa shape index (κ3) is 5.74. The second-order valence-electron chi connectivity index (χ2n) is 5.07. The fourth-order valence-electron chi connectivity index (χ4n) is 1.84. The Balaban J connectivity index is 2.44. The van der Waals surface area contributed by atoms with Crippen molar-refractivity contribution in [3.8, 4) is 0 Å². The van der Waals surface area contributed by atoms with Gasteiger partial charge in [-0.05, 0) is 37.3 Å². The van der Waals surface area contributed by atoms with Gasteiger partial charge in [-0.3, -0.25) is 0 Å². The number of nitrogens with one attached hydrogen (secondary N) is 1. The summed E-state index contributed by atoms with van der Waals surface area (Å²) in [5, 5.41) is 12.9. The third-order valence-corrected chi connectivity index (χ3v) is 4.19. The van der Waals surface area contributed by atoms with Crippen LogP contribution in [0, 0.1) is 0 Å². The van der Waals surface area contributed by atoms with Gasteiger partial charge in [0, 0.05) is 20.9 Å². The monoisotopic (exact) mass is 331 g/mol. The van der Waals surface area contributed by atoms with Gasteiger partial charge in [0.05, 0.1) is 6.61 Å². The lowest BCUT2D eigenvalue weighted by Gasteiger charge is -2.31. The van der Waals surface area contributed by atoms with E-state index in [1.165, 1.54) is 4.90 Å². The lowest BCUT2D eigenvalue weighted by molar-refractivity contribution is 0.162. The molecule has 0 radical (unpaired) electrons. The second-order valence-corrected chi connectivity index (χ2v) is 7.16. The van der Waals surface area contributed by atoms with Gasteiger partial charge in [0.2, 0.25) is 0 Å². The average Bonchev–Trinajstić information content (AvgIpc) is 2.28. The molecule has 0 spiro atoms. The van der Waals surface area contributed by atoms with E-state index in [2.05, 4.69) is 54.2 Å². The van der Waals surface area contributed by atoms with Gasteiger partial charge in [-0.1, -0.05) is 35.8 Å². The summed E-state index contributed by atoms with van der Waals surface area (Å²) >= 11 is 5.30. The molecule has 0 saturated heterocycles. The maximum atomic E-state index is 9.50. The van der Waals surface area contributed by atoms with Crippen molar-refractivity contribution in [3.05, 3.63) is 28.7 Å². The molecule has 0 aliphatic heterocycles. The molecule has 1 atom stereocenters.